The van der Waals surface area contributed by atoms with Crippen molar-refractivity contribution in [3.63, 3.8) is 0 Å². The van der Waals surface area contributed by atoms with E-state index in [0.29, 0.717) is 11.3 Å². The predicted octanol–water partition coefficient (Wildman–Crippen LogP) is 2.78. The van der Waals surface area contributed by atoms with E-state index in [1.165, 1.54) is 30.3 Å². The van der Waals surface area contributed by atoms with Gasteiger partial charge in [-0.2, -0.15) is 0 Å². The molecule has 0 bridgehead atoms. The van der Waals surface area contributed by atoms with Gasteiger partial charge in [-0.3, -0.25) is 14.9 Å². The molecule has 3 rings (SSSR count). The molecule has 2 N–H and O–H groups in total. The Bertz CT molecular complexity index is 914. The molecule has 28 heavy (non-hydrogen) atoms. The van der Waals surface area contributed by atoms with Crippen molar-refractivity contribution < 1.29 is 23.6 Å². The number of nitro benzene ring substituents is 1. The molecule has 8 nitrogen and oxygen atoms in total. The minimum absolute atomic E-state index is 0.0325. The van der Waals surface area contributed by atoms with Crippen LogP contribution in [0.1, 0.15) is 28.8 Å². The van der Waals surface area contributed by atoms with Gasteiger partial charge in [0.05, 0.1) is 10.5 Å². The Balaban J connectivity index is 1.55. The molecule has 2 aromatic carbocycles. The molecule has 1 amide bonds. The highest BCUT2D eigenvalue weighted by Crippen LogP contribution is 2.31. The van der Waals surface area contributed by atoms with Crippen molar-refractivity contribution in [2.75, 3.05) is 11.9 Å². The predicted molar refractivity (Wildman–Crippen MR) is 98.3 cm³/mol. The van der Waals surface area contributed by atoms with Crippen LogP contribution in [0.5, 0.6) is 0 Å². The lowest BCUT2D eigenvalue weighted by Crippen LogP contribution is -2.28. The van der Waals surface area contributed by atoms with Gasteiger partial charge in [-0.1, -0.05) is 18.2 Å². The molecule has 0 spiro atoms. The van der Waals surface area contributed by atoms with Crippen LogP contribution in [-0.2, 0) is 16.1 Å². The fourth-order valence-electron chi connectivity index (χ4n) is 2.48. The lowest BCUT2D eigenvalue weighted by atomic mass is 10.1. The number of nitro groups is 1. The molecule has 1 aliphatic rings. The van der Waals surface area contributed by atoms with Crippen molar-refractivity contribution >= 4 is 23.3 Å². The number of esters is 1. The Kier molecular flexibility index (Phi) is 5.83. The summed E-state index contributed by atoms with van der Waals surface area (Å²) in [4.78, 5) is 34.5. The molecule has 9 heteroatoms. The van der Waals surface area contributed by atoms with E-state index in [-0.39, 0.29) is 23.8 Å². The summed E-state index contributed by atoms with van der Waals surface area (Å²) in [5.74, 6) is -1.92. The number of halogens is 1. The number of hydrogen-bond acceptors (Lipinski definition) is 6. The van der Waals surface area contributed by atoms with Gasteiger partial charge >= 0.3 is 5.97 Å². The number of hydrogen-bond donors (Lipinski definition) is 2. The van der Waals surface area contributed by atoms with Crippen LogP contribution in [0.15, 0.2) is 42.5 Å². The zero-order valence-electron chi connectivity index (χ0n) is 14.8. The average molecular weight is 387 g/mol. The van der Waals surface area contributed by atoms with E-state index in [2.05, 4.69) is 10.6 Å². The number of carbonyl (C=O) groups excluding carboxylic acids is 2. The monoisotopic (exact) mass is 387 g/mol. The Labute approximate surface area is 159 Å². The molecule has 146 valence electrons. The summed E-state index contributed by atoms with van der Waals surface area (Å²) in [5, 5.41) is 16.7. The zero-order chi connectivity index (χ0) is 20.1. The Hall–Kier alpha value is -3.49. The summed E-state index contributed by atoms with van der Waals surface area (Å²) < 4.78 is 18.4. The molecule has 2 aromatic rings. The van der Waals surface area contributed by atoms with E-state index in [1.807, 2.05) is 0 Å². The smallest absolute Gasteiger partial charge is 0.338 e. The Morgan fingerprint density at radius 2 is 1.96 bits per heavy atom. The fourth-order valence-corrected chi connectivity index (χ4v) is 2.48. The molecule has 0 aromatic heterocycles. The van der Waals surface area contributed by atoms with Gasteiger partial charge in [-0.05, 0) is 31.0 Å². The number of nitrogens with zero attached hydrogens (tertiary/aromatic N) is 1. The van der Waals surface area contributed by atoms with Crippen LogP contribution in [-0.4, -0.2) is 29.4 Å². The van der Waals surface area contributed by atoms with Crippen LogP contribution < -0.4 is 10.6 Å². The molecule has 0 heterocycles. The molecule has 0 atom stereocenters. The SMILES string of the molecule is O=C(COC(=O)c1ccc(NC2CC2)c([N+](=O)[O-])c1)NCc1ccccc1F. The standard InChI is InChI=1S/C19H18FN3O5/c20-15-4-2-1-3-13(15)10-21-18(24)11-28-19(25)12-5-8-16(22-14-6-7-14)17(9-12)23(26)27/h1-5,8-9,14,22H,6-7,10-11H2,(H,21,24). The molecular weight excluding hydrogens is 369 g/mol. The second kappa shape index (κ2) is 8.47. The third-order valence-electron chi connectivity index (χ3n) is 4.14. The van der Waals surface area contributed by atoms with Crippen molar-refractivity contribution in [2.24, 2.45) is 0 Å². The molecule has 1 fully saturated rings. The van der Waals surface area contributed by atoms with Crippen LogP contribution in [0.3, 0.4) is 0 Å². The summed E-state index contributed by atoms with van der Waals surface area (Å²) in [6, 6.07) is 10.2. The van der Waals surface area contributed by atoms with Gasteiger partial charge in [0, 0.05) is 24.2 Å². The highest BCUT2D eigenvalue weighted by molar-refractivity contribution is 5.93. The lowest BCUT2D eigenvalue weighted by Gasteiger charge is -2.09. The fraction of sp³-hybridized carbons (Fsp3) is 0.263. The Morgan fingerprint density at radius 1 is 1.21 bits per heavy atom. The number of anilines is 1. The zero-order valence-corrected chi connectivity index (χ0v) is 14.8. The number of amides is 1. The Morgan fingerprint density at radius 3 is 2.64 bits per heavy atom. The van der Waals surface area contributed by atoms with Gasteiger partial charge in [-0.25, -0.2) is 9.18 Å². The largest absolute Gasteiger partial charge is 0.452 e. The van der Waals surface area contributed by atoms with E-state index in [1.54, 1.807) is 6.07 Å². The third kappa shape index (κ3) is 5.03. The first kappa shape index (κ1) is 19.3. The first-order valence-corrected chi connectivity index (χ1v) is 8.66. The molecule has 1 saturated carbocycles. The van der Waals surface area contributed by atoms with E-state index < -0.39 is 29.2 Å². The topological polar surface area (TPSA) is 111 Å². The van der Waals surface area contributed by atoms with Crippen LogP contribution in [0.25, 0.3) is 0 Å². The number of benzene rings is 2. The second-order valence-electron chi connectivity index (χ2n) is 6.35. The molecule has 0 aliphatic heterocycles. The van der Waals surface area contributed by atoms with Gasteiger partial charge < -0.3 is 15.4 Å². The maximum atomic E-state index is 13.5. The summed E-state index contributed by atoms with van der Waals surface area (Å²) in [6.45, 7) is -0.626. The maximum absolute atomic E-state index is 13.5. The van der Waals surface area contributed by atoms with E-state index >= 15 is 0 Å². The van der Waals surface area contributed by atoms with Crippen molar-refractivity contribution in [3.8, 4) is 0 Å². The highest BCUT2D eigenvalue weighted by Gasteiger charge is 2.26. The minimum atomic E-state index is -0.859. The number of nitrogens with one attached hydrogen (secondary N) is 2. The first-order chi connectivity index (χ1) is 13.4. The van der Waals surface area contributed by atoms with Crippen molar-refractivity contribution in [1.29, 1.82) is 0 Å². The second-order valence-corrected chi connectivity index (χ2v) is 6.35. The summed E-state index contributed by atoms with van der Waals surface area (Å²) >= 11 is 0. The van der Waals surface area contributed by atoms with Crippen LogP contribution in [0, 0.1) is 15.9 Å². The molecular formula is C19H18FN3O5. The average Bonchev–Trinajstić information content (AvgIpc) is 3.49. The van der Waals surface area contributed by atoms with Gasteiger partial charge in [0.25, 0.3) is 11.6 Å². The molecule has 0 saturated heterocycles. The quantitative estimate of drug-likeness (QED) is 0.409. The molecule has 0 radical (unpaired) electrons. The summed E-state index contributed by atoms with van der Waals surface area (Å²) in [7, 11) is 0. The summed E-state index contributed by atoms with van der Waals surface area (Å²) in [5.41, 5.74) is 0.378. The molecule has 1 aliphatic carbocycles. The van der Waals surface area contributed by atoms with Crippen LogP contribution >= 0.6 is 0 Å². The number of ether oxygens (including phenoxy) is 1. The van der Waals surface area contributed by atoms with Gasteiger partial charge in [0.1, 0.15) is 11.5 Å². The first-order valence-electron chi connectivity index (χ1n) is 8.66. The summed E-state index contributed by atoms with van der Waals surface area (Å²) in [6.07, 6.45) is 1.89. The van der Waals surface area contributed by atoms with Gasteiger partial charge in [0.15, 0.2) is 6.61 Å². The van der Waals surface area contributed by atoms with Gasteiger partial charge in [-0.15, -0.1) is 0 Å². The molecule has 0 unspecified atom stereocenters. The minimum Gasteiger partial charge on any atom is -0.452 e. The van der Waals surface area contributed by atoms with Crippen LogP contribution in [0.2, 0.25) is 0 Å². The highest BCUT2D eigenvalue weighted by atomic mass is 19.1. The van der Waals surface area contributed by atoms with Crippen molar-refractivity contribution in [3.05, 3.63) is 69.5 Å². The van der Waals surface area contributed by atoms with Crippen molar-refractivity contribution in [1.82, 2.24) is 5.32 Å². The van der Waals surface area contributed by atoms with E-state index in [9.17, 15) is 24.1 Å². The number of rotatable bonds is 8. The maximum Gasteiger partial charge on any atom is 0.338 e. The van der Waals surface area contributed by atoms with Crippen molar-refractivity contribution in [2.45, 2.75) is 25.4 Å². The lowest BCUT2D eigenvalue weighted by molar-refractivity contribution is -0.384. The normalized spacial score (nSPS) is 12.9. The van der Waals surface area contributed by atoms with E-state index in [0.717, 1.165) is 18.9 Å². The third-order valence-corrected chi connectivity index (χ3v) is 4.14. The van der Waals surface area contributed by atoms with E-state index in [4.69, 9.17) is 4.74 Å². The van der Waals surface area contributed by atoms with Crippen LogP contribution in [0.4, 0.5) is 15.8 Å². The number of carbonyl (C=O) groups is 2. The van der Waals surface area contributed by atoms with Gasteiger partial charge in [0.2, 0.25) is 0 Å².